The number of anilines is 4. The van der Waals surface area contributed by atoms with Crippen LogP contribution in [0.4, 0.5) is 23.0 Å². The number of hydrogen-bond acceptors (Lipinski definition) is 7. The molecule has 0 fully saturated rings. The smallest absolute Gasteiger partial charge is 0.178 e. The molecule has 4 rings (SSSR count). The second-order valence-corrected chi connectivity index (χ2v) is 6.05. The first kappa shape index (κ1) is 16.4. The summed E-state index contributed by atoms with van der Waals surface area (Å²) in [6, 6.07) is 9.52. The van der Waals surface area contributed by atoms with Gasteiger partial charge in [0.05, 0.1) is 11.4 Å². The van der Waals surface area contributed by atoms with Crippen molar-refractivity contribution in [1.29, 1.82) is 0 Å². The lowest BCUT2D eigenvalue weighted by Gasteiger charge is -2.36. The third kappa shape index (κ3) is 2.67. The number of fused-ring (bicyclic) bond motifs is 2. The molecule has 3 heterocycles. The van der Waals surface area contributed by atoms with E-state index in [2.05, 4.69) is 15.0 Å². The van der Waals surface area contributed by atoms with Gasteiger partial charge in [-0.3, -0.25) is 9.88 Å². The first-order chi connectivity index (χ1) is 12.7. The molecule has 1 aliphatic rings. The Morgan fingerprint density at radius 2 is 1.85 bits per heavy atom. The quantitative estimate of drug-likeness (QED) is 0.776. The second-order valence-electron chi connectivity index (χ2n) is 6.05. The van der Waals surface area contributed by atoms with E-state index in [9.17, 15) is 5.11 Å². The largest absolute Gasteiger partial charge is 0.384 e. The molecule has 0 aliphatic carbocycles. The minimum Gasteiger partial charge on any atom is -0.384 e. The lowest BCUT2D eigenvalue weighted by atomic mass is 10.0. The van der Waals surface area contributed by atoms with Crippen molar-refractivity contribution in [3.05, 3.63) is 66.2 Å². The van der Waals surface area contributed by atoms with Crippen LogP contribution in [0.25, 0.3) is 0 Å². The molecule has 1 unspecified atom stereocenters. The average Bonchev–Trinajstić information content (AvgIpc) is 2.71. The van der Waals surface area contributed by atoms with Gasteiger partial charge in [-0.2, -0.15) is 0 Å². The molecule has 2 aromatic heterocycles. The minimum atomic E-state index is -0.757. The predicted octanol–water partition coefficient (Wildman–Crippen LogP) is 2.78. The van der Waals surface area contributed by atoms with Gasteiger partial charge in [-0.05, 0) is 23.8 Å². The van der Waals surface area contributed by atoms with Gasteiger partial charge in [0.15, 0.2) is 11.6 Å². The molecule has 7 nitrogen and oxygen atoms in total. The van der Waals surface area contributed by atoms with Crippen molar-refractivity contribution in [3.8, 4) is 0 Å². The molecule has 0 spiro atoms. The molecule has 1 N–H and O–H groups in total. The molecular formula is C19H19N5O2. The van der Waals surface area contributed by atoms with Crippen LogP contribution in [0.2, 0.25) is 0 Å². The third-order valence-corrected chi connectivity index (χ3v) is 4.46. The molecule has 1 aromatic carbocycles. The summed E-state index contributed by atoms with van der Waals surface area (Å²) in [5.74, 6) is 1.48. The number of aliphatic hydroxyl groups excluding tert-OH is 1. The second kappa shape index (κ2) is 6.70. The molecular weight excluding hydrogens is 330 g/mol. The van der Waals surface area contributed by atoms with Crippen molar-refractivity contribution in [1.82, 2.24) is 15.0 Å². The van der Waals surface area contributed by atoms with Gasteiger partial charge in [-0.1, -0.05) is 12.1 Å². The summed E-state index contributed by atoms with van der Waals surface area (Å²) >= 11 is 0. The molecule has 3 aromatic rings. The highest BCUT2D eigenvalue weighted by Crippen LogP contribution is 2.45. The van der Waals surface area contributed by atoms with Gasteiger partial charge in [0, 0.05) is 44.5 Å². The maximum Gasteiger partial charge on any atom is 0.178 e. The Bertz CT molecular complexity index is 919. The van der Waals surface area contributed by atoms with Crippen LogP contribution in [-0.2, 0) is 4.74 Å². The van der Waals surface area contributed by atoms with Crippen LogP contribution in [0.1, 0.15) is 17.2 Å². The number of hydrogen-bond donors (Lipinski definition) is 1. The fourth-order valence-electron chi connectivity index (χ4n) is 3.18. The first-order valence-corrected chi connectivity index (χ1v) is 8.24. The Labute approximate surface area is 151 Å². The molecule has 1 aliphatic heterocycles. The third-order valence-electron chi connectivity index (χ3n) is 4.46. The van der Waals surface area contributed by atoms with E-state index in [1.165, 1.54) is 0 Å². The maximum atomic E-state index is 10.7. The van der Waals surface area contributed by atoms with Gasteiger partial charge in [0.1, 0.15) is 12.8 Å². The number of methoxy groups -OCH3 is 1. The minimum absolute atomic E-state index is 0.332. The molecule has 1 atom stereocenters. The SMILES string of the molecule is COCN1c2cc(C(O)c3cccnc3)ccc2N(C)c2nccnc21. The monoisotopic (exact) mass is 349 g/mol. The van der Waals surface area contributed by atoms with Crippen molar-refractivity contribution in [2.24, 2.45) is 0 Å². The zero-order valence-electron chi connectivity index (χ0n) is 14.6. The van der Waals surface area contributed by atoms with Crippen LogP contribution in [0.5, 0.6) is 0 Å². The van der Waals surface area contributed by atoms with E-state index in [-0.39, 0.29) is 0 Å². The van der Waals surface area contributed by atoms with Crippen LogP contribution in [0, 0.1) is 0 Å². The van der Waals surface area contributed by atoms with E-state index in [1.807, 2.05) is 47.2 Å². The van der Waals surface area contributed by atoms with Crippen LogP contribution in [0.15, 0.2) is 55.1 Å². The molecule has 0 bridgehead atoms. The van der Waals surface area contributed by atoms with Crippen molar-refractivity contribution in [3.63, 3.8) is 0 Å². The van der Waals surface area contributed by atoms with Crippen molar-refractivity contribution in [2.75, 3.05) is 30.7 Å². The van der Waals surface area contributed by atoms with Crippen LogP contribution in [-0.4, -0.2) is 40.9 Å². The van der Waals surface area contributed by atoms with Gasteiger partial charge >= 0.3 is 0 Å². The summed E-state index contributed by atoms with van der Waals surface area (Å²) in [4.78, 5) is 16.9. The van der Waals surface area contributed by atoms with E-state index in [4.69, 9.17) is 4.74 Å². The van der Waals surface area contributed by atoms with Gasteiger partial charge in [0.25, 0.3) is 0 Å². The number of aliphatic hydroxyl groups is 1. The van der Waals surface area contributed by atoms with Gasteiger partial charge in [0.2, 0.25) is 0 Å². The Morgan fingerprint density at radius 1 is 1.04 bits per heavy atom. The van der Waals surface area contributed by atoms with E-state index in [1.54, 1.807) is 31.9 Å². The molecule has 0 radical (unpaired) electrons. The number of benzene rings is 1. The highest BCUT2D eigenvalue weighted by molar-refractivity contribution is 5.89. The Morgan fingerprint density at radius 3 is 2.58 bits per heavy atom. The Kier molecular flexibility index (Phi) is 4.24. The maximum absolute atomic E-state index is 10.7. The number of ether oxygens (including phenoxy) is 1. The molecule has 26 heavy (non-hydrogen) atoms. The summed E-state index contributed by atoms with van der Waals surface area (Å²) < 4.78 is 5.38. The number of nitrogens with zero attached hydrogens (tertiary/aromatic N) is 5. The van der Waals surface area contributed by atoms with E-state index in [0.29, 0.717) is 6.73 Å². The fraction of sp³-hybridized carbons (Fsp3) is 0.211. The summed E-state index contributed by atoms with van der Waals surface area (Å²) in [7, 11) is 3.59. The van der Waals surface area contributed by atoms with Crippen molar-refractivity contribution >= 4 is 23.0 Å². The highest BCUT2D eigenvalue weighted by atomic mass is 16.5. The van der Waals surface area contributed by atoms with Crippen LogP contribution < -0.4 is 9.80 Å². The summed E-state index contributed by atoms with van der Waals surface area (Å²) in [5.41, 5.74) is 3.40. The van der Waals surface area contributed by atoms with Crippen molar-refractivity contribution < 1.29 is 9.84 Å². The fourth-order valence-corrected chi connectivity index (χ4v) is 3.18. The van der Waals surface area contributed by atoms with Crippen LogP contribution >= 0.6 is 0 Å². The number of rotatable bonds is 4. The lowest BCUT2D eigenvalue weighted by molar-refractivity contribution is 0.205. The Hall–Kier alpha value is -3.03. The first-order valence-electron chi connectivity index (χ1n) is 8.24. The summed E-state index contributed by atoms with van der Waals surface area (Å²) in [5, 5.41) is 10.7. The standard InChI is InChI=1S/C19H19N5O2/c1-23-15-6-5-13(17(25)14-4-3-7-20-11-14)10-16(15)24(12-26-2)19-18(23)21-8-9-22-19/h3-11,17,25H,12H2,1-2H3. The van der Waals surface area contributed by atoms with Gasteiger partial charge in [-0.25, -0.2) is 9.97 Å². The summed E-state index contributed by atoms with van der Waals surface area (Å²) in [6.45, 7) is 0.332. The normalized spacial score (nSPS) is 14.0. The molecule has 0 amide bonds. The summed E-state index contributed by atoms with van der Waals surface area (Å²) in [6.07, 6.45) is 5.94. The highest BCUT2D eigenvalue weighted by Gasteiger charge is 2.29. The van der Waals surface area contributed by atoms with Gasteiger partial charge < -0.3 is 14.7 Å². The molecule has 132 valence electrons. The lowest BCUT2D eigenvalue weighted by Crippen LogP contribution is -2.30. The predicted molar refractivity (Wildman–Crippen MR) is 98.9 cm³/mol. The van der Waals surface area contributed by atoms with E-state index < -0.39 is 6.10 Å². The molecule has 0 saturated carbocycles. The molecule has 0 saturated heterocycles. The zero-order chi connectivity index (χ0) is 18.1. The average molecular weight is 349 g/mol. The topological polar surface area (TPSA) is 74.6 Å². The van der Waals surface area contributed by atoms with E-state index >= 15 is 0 Å². The van der Waals surface area contributed by atoms with Crippen LogP contribution in [0.3, 0.4) is 0 Å². The van der Waals surface area contributed by atoms with E-state index in [0.717, 1.165) is 34.1 Å². The number of aromatic nitrogens is 3. The Balaban J connectivity index is 1.81. The van der Waals surface area contributed by atoms with Crippen molar-refractivity contribution in [2.45, 2.75) is 6.10 Å². The van der Waals surface area contributed by atoms with Gasteiger partial charge in [-0.15, -0.1) is 0 Å². The molecule has 7 heteroatoms. The number of pyridine rings is 1. The zero-order valence-corrected chi connectivity index (χ0v) is 14.6.